The number of aromatic nitrogens is 2. The number of nitrogens with zero attached hydrogens (tertiary/aromatic N) is 2. The van der Waals surface area contributed by atoms with Crippen LogP contribution in [0.4, 0.5) is 5.82 Å². The molecule has 0 radical (unpaired) electrons. The van der Waals surface area contributed by atoms with Crippen LogP contribution in [0.3, 0.4) is 0 Å². The molecule has 1 amide bonds. The van der Waals surface area contributed by atoms with E-state index in [1.165, 1.54) is 0 Å². The SMILES string of the molecule is CC(C)NC(=O)c1nonc1N. The Balaban J connectivity index is 2.72. The minimum absolute atomic E-state index is 0.00755. The average Bonchev–Trinajstić information content (AvgIpc) is 2.33. The first-order valence-electron chi connectivity index (χ1n) is 3.50. The molecule has 6 heteroatoms. The van der Waals surface area contributed by atoms with E-state index in [-0.39, 0.29) is 23.5 Å². The van der Waals surface area contributed by atoms with Crippen molar-refractivity contribution in [2.75, 3.05) is 5.73 Å². The molecule has 0 bridgehead atoms. The van der Waals surface area contributed by atoms with Crippen molar-refractivity contribution in [2.45, 2.75) is 19.9 Å². The first-order valence-corrected chi connectivity index (χ1v) is 3.50. The molecule has 6 nitrogen and oxygen atoms in total. The molecule has 1 heterocycles. The van der Waals surface area contributed by atoms with E-state index in [0.717, 1.165) is 0 Å². The molecule has 1 rings (SSSR count). The molecule has 0 fully saturated rings. The van der Waals surface area contributed by atoms with Gasteiger partial charge in [-0.05, 0) is 24.2 Å². The Morgan fingerprint density at radius 1 is 1.58 bits per heavy atom. The van der Waals surface area contributed by atoms with Crippen LogP contribution < -0.4 is 11.1 Å². The molecular formula is C6H10N4O2. The highest BCUT2D eigenvalue weighted by molar-refractivity contribution is 5.96. The van der Waals surface area contributed by atoms with Gasteiger partial charge in [-0.15, -0.1) is 0 Å². The van der Waals surface area contributed by atoms with Crippen LogP contribution in [0.15, 0.2) is 4.63 Å². The Bertz CT molecular complexity index is 281. The van der Waals surface area contributed by atoms with Crippen LogP contribution in [0.2, 0.25) is 0 Å². The number of anilines is 1. The highest BCUT2D eigenvalue weighted by Crippen LogP contribution is 2.03. The minimum Gasteiger partial charge on any atom is -0.379 e. The third-order valence-corrected chi connectivity index (χ3v) is 1.15. The first kappa shape index (κ1) is 8.51. The molecule has 12 heavy (non-hydrogen) atoms. The van der Waals surface area contributed by atoms with Crippen molar-refractivity contribution >= 4 is 11.7 Å². The summed E-state index contributed by atoms with van der Waals surface area (Å²) in [5, 5.41) is 9.23. The van der Waals surface area contributed by atoms with E-state index >= 15 is 0 Å². The van der Waals surface area contributed by atoms with Gasteiger partial charge in [0, 0.05) is 6.04 Å². The average molecular weight is 170 g/mol. The van der Waals surface area contributed by atoms with Crippen LogP contribution in [0, 0.1) is 0 Å². The molecule has 1 aromatic heterocycles. The summed E-state index contributed by atoms with van der Waals surface area (Å²) in [7, 11) is 0. The first-order chi connectivity index (χ1) is 5.61. The van der Waals surface area contributed by atoms with E-state index < -0.39 is 0 Å². The van der Waals surface area contributed by atoms with Gasteiger partial charge in [-0.3, -0.25) is 4.79 Å². The number of hydrogen-bond acceptors (Lipinski definition) is 5. The smallest absolute Gasteiger partial charge is 0.277 e. The predicted molar refractivity (Wildman–Crippen MR) is 41.3 cm³/mol. The number of carbonyl (C=O) groups is 1. The number of hydrogen-bond donors (Lipinski definition) is 2. The molecule has 0 unspecified atom stereocenters. The lowest BCUT2D eigenvalue weighted by molar-refractivity contribution is 0.0934. The van der Waals surface area contributed by atoms with Crippen molar-refractivity contribution < 1.29 is 9.42 Å². The zero-order valence-corrected chi connectivity index (χ0v) is 6.87. The Hall–Kier alpha value is -1.59. The molecule has 0 saturated heterocycles. The van der Waals surface area contributed by atoms with Gasteiger partial charge in [0.05, 0.1) is 0 Å². The topological polar surface area (TPSA) is 94.0 Å². The normalized spacial score (nSPS) is 10.2. The van der Waals surface area contributed by atoms with Gasteiger partial charge in [-0.1, -0.05) is 0 Å². The maximum absolute atomic E-state index is 11.2. The number of amides is 1. The molecule has 0 spiro atoms. The molecule has 66 valence electrons. The highest BCUT2D eigenvalue weighted by atomic mass is 16.6. The second-order valence-corrected chi connectivity index (χ2v) is 2.63. The van der Waals surface area contributed by atoms with Crippen molar-refractivity contribution in [2.24, 2.45) is 0 Å². The lowest BCUT2D eigenvalue weighted by atomic mass is 10.3. The maximum atomic E-state index is 11.2. The van der Waals surface area contributed by atoms with Gasteiger partial charge >= 0.3 is 0 Å². The fourth-order valence-corrected chi connectivity index (χ4v) is 0.684. The van der Waals surface area contributed by atoms with Crippen molar-refractivity contribution in [3.63, 3.8) is 0 Å². The zero-order chi connectivity index (χ0) is 9.14. The molecular weight excluding hydrogens is 160 g/mol. The van der Waals surface area contributed by atoms with E-state index in [1.54, 1.807) is 0 Å². The third-order valence-electron chi connectivity index (χ3n) is 1.15. The van der Waals surface area contributed by atoms with Crippen LogP contribution in [-0.2, 0) is 0 Å². The summed E-state index contributed by atoms with van der Waals surface area (Å²) in [6.45, 7) is 3.67. The van der Waals surface area contributed by atoms with Gasteiger partial charge in [0.1, 0.15) is 0 Å². The fourth-order valence-electron chi connectivity index (χ4n) is 0.684. The van der Waals surface area contributed by atoms with Crippen molar-refractivity contribution in [3.8, 4) is 0 Å². The molecule has 3 N–H and O–H groups in total. The van der Waals surface area contributed by atoms with E-state index in [1.807, 2.05) is 13.8 Å². The largest absolute Gasteiger partial charge is 0.379 e. The fraction of sp³-hybridized carbons (Fsp3) is 0.500. The van der Waals surface area contributed by atoms with Crippen LogP contribution in [0.1, 0.15) is 24.3 Å². The lowest BCUT2D eigenvalue weighted by Crippen LogP contribution is -2.30. The third kappa shape index (κ3) is 1.71. The molecule has 0 atom stereocenters. The van der Waals surface area contributed by atoms with Gasteiger partial charge in [0.25, 0.3) is 5.91 Å². The number of carbonyl (C=O) groups excluding carboxylic acids is 1. The van der Waals surface area contributed by atoms with Gasteiger partial charge in [0.2, 0.25) is 11.5 Å². The summed E-state index contributed by atoms with van der Waals surface area (Å²) in [6.07, 6.45) is 0. The summed E-state index contributed by atoms with van der Waals surface area (Å²) in [4.78, 5) is 11.2. The Labute approximate surface area is 69.1 Å². The molecule has 0 saturated carbocycles. The van der Waals surface area contributed by atoms with E-state index in [9.17, 15) is 4.79 Å². The molecule has 0 aliphatic heterocycles. The predicted octanol–water partition coefficient (Wildman–Crippen LogP) is -0.210. The Kier molecular flexibility index (Phi) is 2.27. The summed E-state index contributed by atoms with van der Waals surface area (Å²) in [5.41, 5.74) is 5.32. The van der Waals surface area contributed by atoms with Crippen molar-refractivity contribution in [3.05, 3.63) is 5.69 Å². The van der Waals surface area contributed by atoms with Crippen LogP contribution in [0.25, 0.3) is 0 Å². The quantitative estimate of drug-likeness (QED) is 0.640. The zero-order valence-electron chi connectivity index (χ0n) is 6.87. The Morgan fingerprint density at radius 3 is 2.67 bits per heavy atom. The van der Waals surface area contributed by atoms with Crippen LogP contribution >= 0.6 is 0 Å². The van der Waals surface area contributed by atoms with Gasteiger partial charge in [-0.25, -0.2) is 4.63 Å². The van der Waals surface area contributed by atoms with E-state index in [0.29, 0.717) is 0 Å². The monoisotopic (exact) mass is 170 g/mol. The summed E-state index contributed by atoms with van der Waals surface area (Å²) in [6, 6.07) is 0.0357. The second-order valence-electron chi connectivity index (χ2n) is 2.63. The van der Waals surface area contributed by atoms with Gasteiger partial charge in [0.15, 0.2) is 0 Å². The highest BCUT2D eigenvalue weighted by Gasteiger charge is 2.15. The summed E-state index contributed by atoms with van der Waals surface area (Å²) >= 11 is 0. The van der Waals surface area contributed by atoms with Crippen LogP contribution in [-0.4, -0.2) is 22.3 Å². The molecule has 0 aromatic carbocycles. The summed E-state index contributed by atoms with van der Waals surface area (Å²) < 4.78 is 4.26. The maximum Gasteiger partial charge on any atom is 0.277 e. The van der Waals surface area contributed by atoms with E-state index in [4.69, 9.17) is 5.73 Å². The van der Waals surface area contributed by atoms with Crippen molar-refractivity contribution in [1.29, 1.82) is 0 Å². The second kappa shape index (κ2) is 3.21. The molecule has 0 aliphatic carbocycles. The standard InChI is InChI=1S/C6H10N4O2/c1-3(2)8-6(11)4-5(7)10-12-9-4/h3H,1-2H3,(H2,7,10)(H,8,11). The molecule has 0 aliphatic rings. The lowest BCUT2D eigenvalue weighted by Gasteiger charge is -2.04. The Morgan fingerprint density at radius 2 is 2.25 bits per heavy atom. The minimum atomic E-state index is -0.372. The van der Waals surface area contributed by atoms with Crippen LogP contribution in [0.5, 0.6) is 0 Å². The number of nitrogens with two attached hydrogens (primary N) is 1. The molecule has 1 aromatic rings. The van der Waals surface area contributed by atoms with E-state index in [2.05, 4.69) is 20.3 Å². The number of rotatable bonds is 2. The van der Waals surface area contributed by atoms with Gasteiger partial charge < -0.3 is 11.1 Å². The van der Waals surface area contributed by atoms with Crippen molar-refractivity contribution in [1.82, 2.24) is 15.6 Å². The number of nitrogens with one attached hydrogen (secondary N) is 1. The van der Waals surface area contributed by atoms with Gasteiger partial charge in [-0.2, -0.15) is 0 Å². The number of nitrogen functional groups attached to an aromatic ring is 1. The summed E-state index contributed by atoms with van der Waals surface area (Å²) in [5.74, 6) is -0.364.